The Balaban J connectivity index is 2.01. The Labute approximate surface area is 142 Å². The molecule has 24 heavy (non-hydrogen) atoms. The number of allylic oxidation sites excluding steroid dienone is 1. The SMILES string of the molecule is CC(C)(C)OC(=O)N1CCC(C=C(C(=O)O)c2ccccc2)CC1. The average molecular weight is 331 g/mol. The van der Waals surface area contributed by atoms with Crippen LogP contribution in [0.15, 0.2) is 36.4 Å². The molecule has 0 radical (unpaired) electrons. The lowest BCUT2D eigenvalue weighted by atomic mass is 9.92. The van der Waals surface area contributed by atoms with Gasteiger partial charge in [0.15, 0.2) is 0 Å². The van der Waals surface area contributed by atoms with Gasteiger partial charge in [0.2, 0.25) is 0 Å². The first-order valence-electron chi connectivity index (χ1n) is 8.25. The standard InChI is InChI=1S/C19H25NO4/c1-19(2,3)24-18(23)20-11-9-14(10-12-20)13-16(17(21)22)15-7-5-4-6-8-15/h4-8,13-14H,9-12H2,1-3H3,(H,21,22). The third-order valence-electron chi connectivity index (χ3n) is 3.91. The molecular formula is C19H25NO4. The topological polar surface area (TPSA) is 66.8 Å². The number of amides is 1. The van der Waals surface area contributed by atoms with Crippen LogP contribution in [-0.4, -0.2) is 40.8 Å². The van der Waals surface area contributed by atoms with Crippen molar-refractivity contribution >= 4 is 17.6 Å². The fraction of sp³-hybridized carbons (Fsp3) is 0.474. The normalized spacial score (nSPS) is 16.8. The van der Waals surface area contributed by atoms with E-state index in [1.54, 1.807) is 17.0 Å². The Morgan fingerprint density at radius 1 is 1.17 bits per heavy atom. The van der Waals surface area contributed by atoms with Crippen LogP contribution < -0.4 is 0 Å². The van der Waals surface area contributed by atoms with Gasteiger partial charge in [-0.05, 0) is 45.1 Å². The zero-order valence-electron chi connectivity index (χ0n) is 14.5. The molecule has 0 aliphatic carbocycles. The Morgan fingerprint density at radius 3 is 2.25 bits per heavy atom. The number of carboxylic acids is 1. The molecule has 5 heteroatoms. The molecule has 5 nitrogen and oxygen atoms in total. The molecule has 1 heterocycles. The number of benzene rings is 1. The number of carboxylic acid groups (broad SMARTS) is 1. The van der Waals surface area contributed by atoms with Crippen LogP contribution in [0.1, 0.15) is 39.2 Å². The van der Waals surface area contributed by atoms with Gasteiger partial charge in [-0.15, -0.1) is 0 Å². The lowest BCUT2D eigenvalue weighted by Gasteiger charge is -2.32. The van der Waals surface area contributed by atoms with Crippen molar-refractivity contribution in [2.24, 2.45) is 5.92 Å². The van der Waals surface area contributed by atoms with Gasteiger partial charge in [-0.3, -0.25) is 0 Å². The Morgan fingerprint density at radius 2 is 1.75 bits per heavy atom. The van der Waals surface area contributed by atoms with Crippen LogP contribution in [0.5, 0.6) is 0 Å². The van der Waals surface area contributed by atoms with Crippen LogP contribution in [0.3, 0.4) is 0 Å². The molecule has 1 saturated heterocycles. The fourth-order valence-electron chi connectivity index (χ4n) is 2.72. The monoisotopic (exact) mass is 331 g/mol. The first kappa shape index (κ1) is 18.0. The van der Waals surface area contributed by atoms with E-state index < -0.39 is 11.6 Å². The van der Waals surface area contributed by atoms with Crippen molar-refractivity contribution in [3.63, 3.8) is 0 Å². The number of carbonyl (C=O) groups excluding carboxylic acids is 1. The van der Waals surface area contributed by atoms with Gasteiger partial charge in [0.25, 0.3) is 0 Å². The number of ether oxygens (including phenoxy) is 1. The van der Waals surface area contributed by atoms with Gasteiger partial charge in [0.05, 0.1) is 5.57 Å². The average Bonchev–Trinajstić information content (AvgIpc) is 2.52. The number of piperidine rings is 1. The maximum absolute atomic E-state index is 12.1. The molecule has 1 aromatic rings. The summed E-state index contributed by atoms with van der Waals surface area (Å²) in [5.41, 5.74) is 0.531. The van der Waals surface area contributed by atoms with Crippen molar-refractivity contribution in [3.05, 3.63) is 42.0 Å². The summed E-state index contributed by atoms with van der Waals surface area (Å²) in [6.45, 7) is 6.70. The highest BCUT2D eigenvalue weighted by Crippen LogP contribution is 2.25. The lowest BCUT2D eigenvalue weighted by molar-refractivity contribution is -0.130. The highest BCUT2D eigenvalue weighted by atomic mass is 16.6. The van der Waals surface area contributed by atoms with Gasteiger partial charge < -0.3 is 14.7 Å². The molecule has 0 unspecified atom stereocenters. The van der Waals surface area contributed by atoms with Crippen molar-refractivity contribution in [2.45, 2.75) is 39.2 Å². The predicted molar refractivity (Wildman–Crippen MR) is 92.6 cm³/mol. The molecule has 0 saturated carbocycles. The minimum atomic E-state index is -0.921. The second-order valence-corrected chi connectivity index (χ2v) is 7.06. The molecule has 0 aromatic heterocycles. The Bertz CT molecular complexity index is 608. The lowest BCUT2D eigenvalue weighted by Crippen LogP contribution is -2.41. The van der Waals surface area contributed by atoms with E-state index in [0.717, 1.165) is 12.8 Å². The summed E-state index contributed by atoms with van der Waals surface area (Å²) in [5.74, 6) is -0.772. The van der Waals surface area contributed by atoms with E-state index in [1.807, 2.05) is 45.0 Å². The first-order valence-corrected chi connectivity index (χ1v) is 8.25. The highest BCUT2D eigenvalue weighted by Gasteiger charge is 2.26. The molecule has 0 spiro atoms. The van der Waals surface area contributed by atoms with E-state index in [2.05, 4.69) is 0 Å². The first-order chi connectivity index (χ1) is 11.3. The molecule has 0 atom stereocenters. The highest BCUT2D eigenvalue weighted by molar-refractivity contribution is 6.15. The van der Waals surface area contributed by atoms with Gasteiger partial charge in [-0.2, -0.15) is 0 Å². The summed E-state index contributed by atoms with van der Waals surface area (Å²) in [6, 6.07) is 9.13. The van der Waals surface area contributed by atoms with Gasteiger partial charge in [0.1, 0.15) is 5.60 Å². The number of nitrogens with zero attached hydrogens (tertiary/aromatic N) is 1. The molecule has 2 rings (SSSR count). The van der Waals surface area contributed by atoms with Crippen molar-refractivity contribution in [2.75, 3.05) is 13.1 Å². The second-order valence-electron chi connectivity index (χ2n) is 7.06. The summed E-state index contributed by atoms with van der Waals surface area (Å²) in [6.07, 6.45) is 3.00. The van der Waals surface area contributed by atoms with Crippen LogP contribution in [-0.2, 0) is 9.53 Å². The summed E-state index contributed by atoms with van der Waals surface area (Å²) in [7, 11) is 0. The van der Waals surface area contributed by atoms with Gasteiger partial charge in [-0.1, -0.05) is 36.4 Å². The van der Waals surface area contributed by atoms with Crippen molar-refractivity contribution in [3.8, 4) is 0 Å². The third-order valence-corrected chi connectivity index (χ3v) is 3.91. The van der Waals surface area contributed by atoms with Crippen molar-refractivity contribution < 1.29 is 19.4 Å². The summed E-state index contributed by atoms with van der Waals surface area (Å²) >= 11 is 0. The minimum absolute atomic E-state index is 0.148. The zero-order chi connectivity index (χ0) is 17.7. The fourth-order valence-corrected chi connectivity index (χ4v) is 2.72. The summed E-state index contributed by atoms with van der Waals surface area (Å²) in [5, 5.41) is 9.47. The van der Waals surface area contributed by atoms with E-state index in [9.17, 15) is 14.7 Å². The van der Waals surface area contributed by atoms with E-state index in [4.69, 9.17) is 4.74 Å². The van der Waals surface area contributed by atoms with Crippen molar-refractivity contribution in [1.29, 1.82) is 0 Å². The predicted octanol–water partition coefficient (Wildman–Crippen LogP) is 3.80. The van der Waals surface area contributed by atoms with E-state index >= 15 is 0 Å². The van der Waals surface area contributed by atoms with Gasteiger partial charge in [0, 0.05) is 13.1 Å². The number of hydrogen-bond acceptors (Lipinski definition) is 3. The van der Waals surface area contributed by atoms with Gasteiger partial charge >= 0.3 is 12.1 Å². The third kappa shape index (κ3) is 5.11. The van der Waals surface area contributed by atoms with Crippen LogP contribution in [0, 0.1) is 5.92 Å². The van der Waals surface area contributed by atoms with E-state index in [1.165, 1.54) is 0 Å². The summed E-state index contributed by atoms with van der Waals surface area (Å²) < 4.78 is 5.38. The molecule has 1 aromatic carbocycles. The molecule has 130 valence electrons. The Kier molecular flexibility index (Phi) is 5.65. The summed E-state index contributed by atoms with van der Waals surface area (Å²) in [4.78, 5) is 25.3. The van der Waals surface area contributed by atoms with Crippen LogP contribution in [0.4, 0.5) is 4.79 Å². The molecule has 0 bridgehead atoms. The number of carbonyl (C=O) groups is 2. The maximum Gasteiger partial charge on any atom is 0.410 e. The minimum Gasteiger partial charge on any atom is -0.478 e. The van der Waals surface area contributed by atoms with Crippen molar-refractivity contribution in [1.82, 2.24) is 4.90 Å². The molecule has 1 aliphatic rings. The quantitative estimate of drug-likeness (QED) is 0.856. The van der Waals surface area contributed by atoms with Gasteiger partial charge in [-0.25, -0.2) is 9.59 Å². The zero-order valence-corrected chi connectivity index (χ0v) is 14.5. The maximum atomic E-state index is 12.1. The Hall–Kier alpha value is -2.30. The second kappa shape index (κ2) is 7.51. The number of hydrogen-bond donors (Lipinski definition) is 1. The van der Waals surface area contributed by atoms with Crippen LogP contribution in [0.25, 0.3) is 5.57 Å². The molecule has 1 N–H and O–H groups in total. The largest absolute Gasteiger partial charge is 0.478 e. The molecule has 1 fully saturated rings. The van der Waals surface area contributed by atoms with E-state index in [0.29, 0.717) is 24.2 Å². The smallest absolute Gasteiger partial charge is 0.410 e. The van der Waals surface area contributed by atoms with E-state index in [-0.39, 0.29) is 12.0 Å². The molecule has 1 aliphatic heterocycles. The number of rotatable bonds is 3. The molecular weight excluding hydrogens is 306 g/mol. The van der Waals surface area contributed by atoms with Crippen LogP contribution in [0.2, 0.25) is 0 Å². The number of aliphatic carboxylic acids is 1. The molecule has 1 amide bonds. The number of likely N-dealkylation sites (tertiary alicyclic amines) is 1. The van der Waals surface area contributed by atoms with Crippen LogP contribution >= 0.6 is 0 Å².